The Hall–Kier alpha value is -2.93. The number of H-pyrrole nitrogens is 1. The first-order chi connectivity index (χ1) is 18.0. The van der Waals surface area contributed by atoms with E-state index in [1.165, 1.54) is 5.56 Å². The molecule has 1 amide bonds. The van der Waals surface area contributed by atoms with Crippen LogP contribution in [0.1, 0.15) is 42.1 Å². The molecule has 192 valence electrons. The van der Waals surface area contributed by atoms with Crippen molar-refractivity contribution >= 4 is 41.4 Å². The number of amides is 1. The maximum atomic E-state index is 13.5. The molecular formula is C29H28Cl2N2O4. The molecule has 1 aliphatic carbocycles. The van der Waals surface area contributed by atoms with Crippen molar-refractivity contribution in [2.75, 3.05) is 19.8 Å². The summed E-state index contributed by atoms with van der Waals surface area (Å²) in [4.78, 5) is 18.8. The van der Waals surface area contributed by atoms with Gasteiger partial charge in [-0.15, -0.1) is 11.6 Å². The van der Waals surface area contributed by atoms with Gasteiger partial charge in [-0.05, 0) is 60.4 Å². The fourth-order valence-electron chi connectivity index (χ4n) is 5.37. The highest BCUT2D eigenvalue weighted by atomic mass is 35.5. The zero-order valence-corrected chi connectivity index (χ0v) is 21.8. The third kappa shape index (κ3) is 5.11. The fourth-order valence-corrected chi connectivity index (χ4v) is 5.71. The number of aromatic nitrogens is 1. The topological polar surface area (TPSA) is 63.8 Å². The second-order valence-corrected chi connectivity index (χ2v) is 10.6. The van der Waals surface area contributed by atoms with Crippen LogP contribution in [0.4, 0.5) is 4.79 Å². The standard InChI is InChI=1S/C29H28Cl2N2O4/c30-19-3-8-22(9-4-19)37-29(34)33-14-11-24-25-17-20(31)5-10-26(25)32-27(24)28(33)18-1-6-21(7-2-18)36-23-12-15-35-16-13-23/h1-4,6-10,17,20,23,28,32H,5,11-16H2. The molecule has 8 heteroatoms. The maximum absolute atomic E-state index is 13.5. The van der Waals surface area contributed by atoms with Gasteiger partial charge in [0.2, 0.25) is 0 Å². The van der Waals surface area contributed by atoms with Gasteiger partial charge in [0, 0.05) is 40.7 Å². The van der Waals surface area contributed by atoms with Gasteiger partial charge < -0.3 is 19.2 Å². The van der Waals surface area contributed by atoms with Gasteiger partial charge in [0.1, 0.15) is 23.6 Å². The summed E-state index contributed by atoms with van der Waals surface area (Å²) < 4.78 is 17.4. The zero-order chi connectivity index (χ0) is 25.4. The van der Waals surface area contributed by atoms with Crippen LogP contribution in [0.15, 0.2) is 48.5 Å². The third-order valence-electron chi connectivity index (χ3n) is 7.21. The van der Waals surface area contributed by atoms with E-state index in [4.69, 9.17) is 37.4 Å². The van der Waals surface area contributed by atoms with Gasteiger partial charge in [0.25, 0.3) is 0 Å². The van der Waals surface area contributed by atoms with Gasteiger partial charge in [0.15, 0.2) is 0 Å². The predicted molar refractivity (Wildman–Crippen MR) is 144 cm³/mol. The Balaban J connectivity index is 1.34. The number of rotatable bonds is 4. The molecule has 1 N–H and O–H groups in total. The molecule has 0 saturated carbocycles. The summed E-state index contributed by atoms with van der Waals surface area (Å²) in [7, 11) is 0. The average molecular weight is 539 g/mol. The molecule has 0 spiro atoms. The van der Waals surface area contributed by atoms with E-state index in [-0.39, 0.29) is 17.5 Å². The van der Waals surface area contributed by atoms with Gasteiger partial charge in [0.05, 0.1) is 18.6 Å². The van der Waals surface area contributed by atoms with E-state index in [1.807, 2.05) is 24.3 Å². The Morgan fingerprint density at radius 3 is 2.51 bits per heavy atom. The van der Waals surface area contributed by atoms with Gasteiger partial charge in [-0.3, -0.25) is 4.90 Å². The molecule has 6 rings (SSSR count). The fraction of sp³-hybridized carbons (Fsp3) is 0.345. The number of benzene rings is 2. The van der Waals surface area contributed by atoms with Crippen molar-refractivity contribution in [3.63, 3.8) is 0 Å². The molecular weight excluding hydrogens is 511 g/mol. The summed E-state index contributed by atoms with van der Waals surface area (Å²) in [6, 6.07) is 14.5. The Bertz CT molecular complexity index is 1400. The molecule has 3 aliphatic rings. The Labute approximate surface area is 225 Å². The van der Waals surface area contributed by atoms with Crippen LogP contribution in [0.3, 0.4) is 0 Å². The Kier molecular flexibility index (Phi) is 6.89. The number of alkyl halides is 1. The van der Waals surface area contributed by atoms with Crippen molar-refractivity contribution in [3.05, 3.63) is 80.9 Å². The molecule has 2 aliphatic heterocycles. The van der Waals surface area contributed by atoms with Crippen LogP contribution < -0.4 is 20.0 Å². The van der Waals surface area contributed by atoms with Gasteiger partial charge in [-0.1, -0.05) is 35.9 Å². The molecule has 0 radical (unpaired) electrons. The van der Waals surface area contributed by atoms with Gasteiger partial charge in [-0.2, -0.15) is 0 Å². The van der Waals surface area contributed by atoms with Crippen LogP contribution in [0, 0.1) is 0 Å². The van der Waals surface area contributed by atoms with Crippen molar-refractivity contribution in [2.45, 2.75) is 43.2 Å². The van der Waals surface area contributed by atoms with E-state index in [0.717, 1.165) is 60.1 Å². The average Bonchev–Trinajstić information content (AvgIpc) is 3.28. The van der Waals surface area contributed by atoms with E-state index < -0.39 is 6.09 Å². The largest absolute Gasteiger partial charge is 0.490 e. The second kappa shape index (κ2) is 10.4. The normalized spacial score (nSPS) is 21.3. The predicted octanol–water partition coefficient (Wildman–Crippen LogP) is 4.94. The van der Waals surface area contributed by atoms with Crippen LogP contribution >= 0.6 is 23.2 Å². The highest BCUT2D eigenvalue weighted by molar-refractivity contribution is 6.30. The first-order valence-electron chi connectivity index (χ1n) is 12.7. The molecule has 2 aromatic carbocycles. The van der Waals surface area contributed by atoms with Crippen LogP contribution in [0.2, 0.25) is 5.02 Å². The minimum Gasteiger partial charge on any atom is -0.490 e. The monoisotopic (exact) mass is 538 g/mol. The van der Waals surface area contributed by atoms with Crippen LogP contribution in [0.25, 0.3) is 12.2 Å². The number of nitrogens with zero attached hydrogens (tertiary/aromatic N) is 1. The van der Waals surface area contributed by atoms with Crippen molar-refractivity contribution in [1.29, 1.82) is 0 Å². The second-order valence-electron chi connectivity index (χ2n) is 9.63. The summed E-state index contributed by atoms with van der Waals surface area (Å²) in [5.41, 5.74) is 3.19. The minimum atomic E-state index is -0.406. The zero-order valence-electron chi connectivity index (χ0n) is 20.3. The third-order valence-corrected chi connectivity index (χ3v) is 7.77. The van der Waals surface area contributed by atoms with Crippen molar-refractivity contribution in [2.24, 2.45) is 0 Å². The molecule has 3 heterocycles. The first-order valence-corrected chi connectivity index (χ1v) is 13.5. The van der Waals surface area contributed by atoms with Crippen molar-refractivity contribution in [1.82, 2.24) is 9.88 Å². The minimum absolute atomic E-state index is 0.0274. The molecule has 3 aromatic rings. The number of hydrogen-bond donors (Lipinski definition) is 1. The lowest BCUT2D eigenvalue weighted by molar-refractivity contribution is 0.0255. The lowest BCUT2D eigenvalue weighted by atomic mass is 9.92. The van der Waals surface area contributed by atoms with E-state index in [9.17, 15) is 4.79 Å². The SMILES string of the molecule is O=C(Oc1ccc(Cl)cc1)N1CCc2c([nH]c3c2=CC(Cl)CC=3)C1c1ccc(OC2CCOCC2)cc1. The highest BCUT2D eigenvalue weighted by Gasteiger charge is 2.35. The number of fused-ring (bicyclic) bond motifs is 3. The molecule has 1 saturated heterocycles. The molecule has 0 bridgehead atoms. The number of carbonyl (C=O) groups excluding carboxylic acids is 1. The number of nitrogens with one attached hydrogen (secondary N) is 1. The summed E-state index contributed by atoms with van der Waals surface area (Å²) >= 11 is 12.5. The Morgan fingerprint density at radius 1 is 1.03 bits per heavy atom. The summed E-state index contributed by atoms with van der Waals surface area (Å²) in [6.07, 6.45) is 7.29. The number of ether oxygens (including phenoxy) is 3. The molecule has 37 heavy (non-hydrogen) atoms. The summed E-state index contributed by atoms with van der Waals surface area (Å²) in [5.74, 6) is 1.27. The quantitative estimate of drug-likeness (QED) is 0.477. The molecule has 2 unspecified atom stereocenters. The number of carbonyl (C=O) groups is 1. The maximum Gasteiger partial charge on any atom is 0.416 e. The van der Waals surface area contributed by atoms with Crippen LogP contribution in [-0.4, -0.2) is 47.2 Å². The van der Waals surface area contributed by atoms with E-state index in [1.54, 1.807) is 29.2 Å². The number of aromatic amines is 1. The van der Waals surface area contributed by atoms with Crippen molar-refractivity contribution in [3.8, 4) is 11.5 Å². The van der Waals surface area contributed by atoms with Gasteiger partial charge >= 0.3 is 6.09 Å². The lowest BCUT2D eigenvalue weighted by Crippen LogP contribution is -2.43. The van der Waals surface area contributed by atoms with E-state index >= 15 is 0 Å². The van der Waals surface area contributed by atoms with E-state index in [0.29, 0.717) is 23.7 Å². The van der Waals surface area contributed by atoms with E-state index in [2.05, 4.69) is 17.1 Å². The molecule has 1 fully saturated rings. The summed E-state index contributed by atoms with van der Waals surface area (Å²) in [6.45, 7) is 1.98. The summed E-state index contributed by atoms with van der Waals surface area (Å²) in [5, 5.41) is 2.78. The molecule has 2 atom stereocenters. The highest BCUT2D eigenvalue weighted by Crippen LogP contribution is 2.35. The van der Waals surface area contributed by atoms with Crippen LogP contribution in [0.5, 0.6) is 11.5 Å². The first kappa shape index (κ1) is 24.4. The van der Waals surface area contributed by atoms with Crippen LogP contribution in [-0.2, 0) is 11.2 Å². The number of hydrogen-bond acceptors (Lipinski definition) is 4. The number of halogens is 2. The molecule has 1 aromatic heterocycles. The smallest absolute Gasteiger partial charge is 0.416 e. The lowest BCUT2D eigenvalue weighted by Gasteiger charge is -2.35. The molecule has 6 nitrogen and oxygen atoms in total. The Morgan fingerprint density at radius 2 is 1.76 bits per heavy atom. The van der Waals surface area contributed by atoms with Crippen molar-refractivity contribution < 1.29 is 19.0 Å². The van der Waals surface area contributed by atoms with Gasteiger partial charge in [-0.25, -0.2) is 4.79 Å².